The number of nitrogens with zero attached hydrogens (tertiary/aromatic N) is 1. The van der Waals surface area contributed by atoms with Gasteiger partial charge in [-0.1, -0.05) is 6.92 Å². The van der Waals surface area contributed by atoms with Crippen LogP contribution < -0.4 is 5.32 Å². The Morgan fingerprint density at radius 1 is 1.65 bits per heavy atom. The fraction of sp³-hybridized carbons (Fsp3) is 0.500. The molecular weight excluding hydrogens is 236 g/mol. The molecule has 17 heavy (non-hydrogen) atoms. The Labute approximate surface area is 106 Å². The Balaban J connectivity index is 2.46. The second kappa shape index (κ2) is 7.17. The zero-order valence-electron chi connectivity index (χ0n) is 10.1. The monoisotopic (exact) mass is 254 g/mol. The Hall–Kier alpha value is -1.23. The van der Waals surface area contributed by atoms with Crippen molar-refractivity contribution in [2.45, 2.75) is 26.3 Å². The SMILES string of the molecule is CCSCCC(C)NC(=O)c1ncccc1O. The smallest absolute Gasteiger partial charge is 0.273 e. The number of aromatic hydroxyl groups is 1. The Morgan fingerprint density at radius 3 is 3.06 bits per heavy atom. The van der Waals surface area contributed by atoms with E-state index in [9.17, 15) is 9.90 Å². The van der Waals surface area contributed by atoms with Gasteiger partial charge in [-0.25, -0.2) is 4.98 Å². The van der Waals surface area contributed by atoms with E-state index in [1.807, 2.05) is 18.7 Å². The molecular formula is C12H18N2O2S. The minimum atomic E-state index is -0.322. The normalized spacial score (nSPS) is 12.1. The lowest BCUT2D eigenvalue weighted by atomic mass is 10.2. The predicted octanol–water partition coefficient (Wildman–Crippen LogP) is 2.05. The van der Waals surface area contributed by atoms with Gasteiger partial charge < -0.3 is 10.4 Å². The quantitative estimate of drug-likeness (QED) is 0.763. The molecule has 1 aromatic rings. The highest BCUT2D eigenvalue weighted by Crippen LogP contribution is 2.12. The lowest BCUT2D eigenvalue weighted by Gasteiger charge is -2.13. The van der Waals surface area contributed by atoms with E-state index in [1.165, 1.54) is 12.3 Å². The number of aromatic nitrogens is 1. The first-order valence-electron chi connectivity index (χ1n) is 5.67. The molecule has 0 fully saturated rings. The van der Waals surface area contributed by atoms with Crippen molar-refractivity contribution in [3.05, 3.63) is 24.0 Å². The maximum Gasteiger partial charge on any atom is 0.273 e. The van der Waals surface area contributed by atoms with Crippen LogP contribution in [0, 0.1) is 0 Å². The average molecular weight is 254 g/mol. The van der Waals surface area contributed by atoms with E-state index in [1.54, 1.807) is 6.07 Å². The largest absolute Gasteiger partial charge is 0.505 e. The van der Waals surface area contributed by atoms with Crippen molar-refractivity contribution in [1.29, 1.82) is 0 Å². The van der Waals surface area contributed by atoms with E-state index >= 15 is 0 Å². The number of rotatable bonds is 6. The highest BCUT2D eigenvalue weighted by molar-refractivity contribution is 7.99. The first-order valence-corrected chi connectivity index (χ1v) is 6.83. The van der Waals surface area contributed by atoms with Crippen LogP contribution in [0.5, 0.6) is 5.75 Å². The molecule has 2 N–H and O–H groups in total. The van der Waals surface area contributed by atoms with Crippen molar-refractivity contribution >= 4 is 17.7 Å². The van der Waals surface area contributed by atoms with E-state index < -0.39 is 0 Å². The summed E-state index contributed by atoms with van der Waals surface area (Å²) in [6.07, 6.45) is 2.41. The van der Waals surface area contributed by atoms with Gasteiger partial charge in [0.15, 0.2) is 5.69 Å². The summed E-state index contributed by atoms with van der Waals surface area (Å²) in [6.45, 7) is 4.06. The van der Waals surface area contributed by atoms with Gasteiger partial charge in [0.05, 0.1) is 0 Å². The number of carbonyl (C=O) groups is 1. The van der Waals surface area contributed by atoms with E-state index in [4.69, 9.17) is 0 Å². The Kier molecular flexibility index (Phi) is 5.83. The van der Waals surface area contributed by atoms with Gasteiger partial charge in [0.1, 0.15) is 5.75 Å². The number of carbonyl (C=O) groups excluding carboxylic acids is 1. The molecule has 0 spiro atoms. The van der Waals surface area contributed by atoms with Gasteiger partial charge in [0.2, 0.25) is 0 Å². The van der Waals surface area contributed by atoms with Crippen molar-refractivity contribution in [3.63, 3.8) is 0 Å². The summed E-state index contributed by atoms with van der Waals surface area (Å²) < 4.78 is 0. The summed E-state index contributed by atoms with van der Waals surface area (Å²) in [5.41, 5.74) is 0.0856. The number of hydrogen-bond donors (Lipinski definition) is 2. The Morgan fingerprint density at radius 2 is 2.41 bits per heavy atom. The fourth-order valence-electron chi connectivity index (χ4n) is 1.34. The van der Waals surface area contributed by atoms with Gasteiger partial charge in [0, 0.05) is 12.2 Å². The molecule has 1 rings (SSSR count). The van der Waals surface area contributed by atoms with Crippen LogP contribution in [0.1, 0.15) is 30.8 Å². The lowest BCUT2D eigenvalue weighted by molar-refractivity contribution is 0.0931. The fourth-order valence-corrected chi connectivity index (χ4v) is 2.15. The minimum absolute atomic E-state index is 0.0832. The minimum Gasteiger partial charge on any atom is -0.505 e. The van der Waals surface area contributed by atoms with Crippen molar-refractivity contribution in [2.24, 2.45) is 0 Å². The van der Waals surface area contributed by atoms with Gasteiger partial charge >= 0.3 is 0 Å². The van der Waals surface area contributed by atoms with Gasteiger partial charge in [0.25, 0.3) is 5.91 Å². The molecule has 0 saturated heterocycles. The standard InChI is InChI=1S/C12H18N2O2S/c1-3-17-8-6-9(2)14-12(16)11-10(15)5-4-7-13-11/h4-5,7,9,15H,3,6,8H2,1-2H3,(H,14,16). The topological polar surface area (TPSA) is 62.2 Å². The molecule has 0 aliphatic carbocycles. The molecule has 0 aromatic carbocycles. The van der Waals surface area contributed by atoms with Gasteiger partial charge in [-0.15, -0.1) is 0 Å². The highest BCUT2D eigenvalue weighted by Gasteiger charge is 2.14. The van der Waals surface area contributed by atoms with E-state index in [0.29, 0.717) is 0 Å². The molecule has 1 amide bonds. The van der Waals surface area contributed by atoms with Gasteiger partial charge in [-0.2, -0.15) is 11.8 Å². The first-order chi connectivity index (χ1) is 8.15. The summed E-state index contributed by atoms with van der Waals surface area (Å²) in [4.78, 5) is 15.6. The van der Waals surface area contributed by atoms with Gasteiger partial charge in [-0.05, 0) is 37.0 Å². The van der Waals surface area contributed by atoms with Crippen LogP contribution in [-0.4, -0.2) is 33.5 Å². The zero-order valence-corrected chi connectivity index (χ0v) is 11.0. The lowest BCUT2D eigenvalue weighted by Crippen LogP contribution is -2.33. The summed E-state index contributed by atoms with van der Waals surface area (Å²) in [6, 6.07) is 3.13. The second-order valence-electron chi connectivity index (χ2n) is 3.73. The van der Waals surface area contributed by atoms with Crippen molar-refractivity contribution < 1.29 is 9.90 Å². The third-order valence-corrected chi connectivity index (χ3v) is 3.21. The van der Waals surface area contributed by atoms with Gasteiger partial charge in [-0.3, -0.25) is 4.79 Å². The van der Waals surface area contributed by atoms with Crippen LogP contribution in [0.4, 0.5) is 0 Å². The third-order valence-electron chi connectivity index (χ3n) is 2.28. The highest BCUT2D eigenvalue weighted by atomic mass is 32.2. The molecule has 0 aliphatic heterocycles. The van der Waals surface area contributed by atoms with E-state index in [0.717, 1.165) is 17.9 Å². The van der Waals surface area contributed by atoms with E-state index in [2.05, 4.69) is 17.2 Å². The summed E-state index contributed by atoms with van der Waals surface area (Å²) in [5, 5.41) is 12.3. The number of thioether (sulfide) groups is 1. The molecule has 0 radical (unpaired) electrons. The number of hydrogen-bond acceptors (Lipinski definition) is 4. The van der Waals surface area contributed by atoms with Crippen LogP contribution in [0.15, 0.2) is 18.3 Å². The zero-order chi connectivity index (χ0) is 12.7. The molecule has 1 heterocycles. The van der Waals surface area contributed by atoms with Crippen molar-refractivity contribution in [3.8, 4) is 5.75 Å². The van der Waals surface area contributed by atoms with Crippen LogP contribution in [-0.2, 0) is 0 Å². The van der Waals surface area contributed by atoms with Crippen molar-refractivity contribution in [1.82, 2.24) is 10.3 Å². The molecule has 1 atom stereocenters. The molecule has 0 bridgehead atoms. The maximum atomic E-state index is 11.8. The van der Waals surface area contributed by atoms with Crippen LogP contribution in [0.2, 0.25) is 0 Å². The first kappa shape index (κ1) is 13.8. The predicted molar refractivity (Wildman–Crippen MR) is 70.4 cm³/mol. The van der Waals surface area contributed by atoms with E-state index in [-0.39, 0.29) is 23.4 Å². The summed E-state index contributed by atoms with van der Waals surface area (Å²) in [5.74, 6) is 1.70. The Bertz CT molecular complexity index is 371. The number of pyridine rings is 1. The summed E-state index contributed by atoms with van der Waals surface area (Å²) >= 11 is 1.85. The van der Waals surface area contributed by atoms with Crippen LogP contribution in [0.25, 0.3) is 0 Å². The van der Waals surface area contributed by atoms with Crippen LogP contribution in [0.3, 0.4) is 0 Å². The average Bonchev–Trinajstić information content (AvgIpc) is 2.29. The van der Waals surface area contributed by atoms with Crippen LogP contribution >= 0.6 is 11.8 Å². The second-order valence-corrected chi connectivity index (χ2v) is 5.13. The molecule has 94 valence electrons. The number of nitrogens with one attached hydrogen (secondary N) is 1. The molecule has 1 unspecified atom stereocenters. The molecule has 5 heteroatoms. The third kappa shape index (κ3) is 4.65. The molecule has 1 aromatic heterocycles. The van der Waals surface area contributed by atoms with Crippen molar-refractivity contribution in [2.75, 3.05) is 11.5 Å². The molecule has 4 nitrogen and oxygen atoms in total. The number of amides is 1. The molecule has 0 saturated carbocycles. The summed E-state index contributed by atoms with van der Waals surface area (Å²) in [7, 11) is 0. The maximum absolute atomic E-state index is 11.8. The molecule has 0 aliphatic rings.